The van der Waals surface area contributed by atoms with Crippen molar-refractivity contribution in [3.8, 4) is 5.75 Å². The van der Waals surface area contributed by atoms with Gasteiger partial charge in [-0.1, -0.05) is 44.7 Å². The van der Waals surface area contributed by atoms with Gasteiger partial charge in [-0.2, -0.15) is 0 Å². The number of hydrogen-bond acceptors (Lipinski definition) is 3. The summed E-state index contributed by atoms with van der Waals surface area (Å²) in [5.74, 6) is 0.794. The molecule has 0 saturated carbocycles. The van der Waals surface area contributed by atoms with Crippen LogP contribution < -0.4 is 10.5 Å². The van der Waals surface area contributed by atoms with Gasteiger partial charge < -0.3 is 10.5 Å². The van der Waals surface area contributed by atoms with Gasteiger partial charge in [-0.25, -0.2) is 0 Å². The molecule has 0 saturated heterocycles. The van der Waals surface area contributed by atoms with E-state index in [9.17, 15) is 0 Å². The molecule has 0 spiro atoms. The first kappa shape index (κ1) is 16.2. The summed E-state index contributed by atoms with van der Waals surface area (Å²) in [6.45, 7) is 2.60. The van der Waals surface area contributed by atoms with E-state index in [4.69, 9.17) is 10.5 Å². The summed E-state index contributed by atoms with van der Waals surface area (Å²) in [6.07, 6.45) is 5.37. The Kier molecular flexibility index (Phi) is 6.74. The van der Waals surface area contributed by atoms with Crippen molar-refractivity contribution < 1.29 is 4.74 Å². The Balaban J connectivity index is 0.00000200. The highest BCUT2D eigenvalue weighted by atomic mass is 16.5. The predicted octanol–water partition coefficient (Wildman–Crippen LogP) is 3.23. The van der Waals surface area contributed by atoms with Crippen LogP contribution in [-0.2, 0) is 12.8 Å². The van der Waals surface area contributed by atoms with Crippen molar-refractivity contribution in [1.29, 1.82) is 0 Å². The molecule has 0 amide bonds. The Morgan fingerprint density at radius 2 is 1.90 bits per heavy atom. The Morgan fingerprint density at radius 3 is 2.60 bits per heavy atom. The van der Waals surface area contributed by atoms with Crippen molar-refractivity contribution in [3.63, 3.8) is 0 Å². The minimum Gasteiger partial charge on any atom is -0.490 e. The van der Waals surface area contributed by atoms with Crippen LogP contribution >= 0.6 is 0 Å². The van der Waals surface area contributed by atoms with E-state index in [-0.39, 0.29) is 13.5 Å². The second-order valence-corrected chi connectivity index (χ2v) is 4.64. The Hall–Kier alpha value is -1.87. The second-order valence-electron chi connectivity index (χ2n) is 4.64. The lowest BCUT2D eigenvalue weighted by molar-refractivity contribution is 0.286. The molecule has 108 valence electrons. The van der Waals surface area contributed by atoms with E-state index in [1.807, 2.05) is 30.5 Å². The molecule has 0 aliphatic rings. The van der Waals surface area contributed by atoms with Gasteiger partial charge in [-0.05, 0) is 30.0 Å². The number of nitrogens with two attached hydrogens (primary N) is 1. The fourth-order valence-corrected chi connectivity index (χ4v) is 1.92. The molecule has 0 aliphatic carbocycles. The zero-order chi connectivity index (χ0) is 13.5. The van der Waals surface area contributed by atoms with Crippen molar-refractivity contribution in [1.82, 2.24) is 4.98 Å². The third-order valence-electron chi connectivity index (χ3n) is 2.98. The number of hydrogen-bond donors (Lipinski definition) is 1. The van der Waals surface area contributed by atoms with E-state index in [1.165, 1.54) is 11.1 Å². The maximum absolute atomic E-state index is 6.08. The average Bonchev–Trinajstić information content (AvgIpc) is 2.46. The first-order valence-electron chi connectivity index (χ1n) is 6.64. The SMILES string of the molecule is C.CCc1cncc(OCC(N)Cc2ccccc2)c1. The molecule has 0 aliphatic heterocycles. The van der Waals surface area contributed by atoms with Crippen molar-refractivity contribution in [2.24, 2.45) is 5.73 Å². The number of ether oxygens (including phenoxy) is 1. The van der Waals surface area contributed by atoms with Gasteiger partial charge in [0.15, 0.2) is 0 Å². The highest BCUT2D eigenvalue weighted by Crippen LogP contribution is 2.12. The maximum atomic E-state index is 6.08. The molecule has 1 unspecified atom stereocenters. The molecule has 2 N–H and O–H groups in total. The van der Waals surface area contributed by atoms with Crippen LogP contribution in [0.4, 0.5) is 0 Å². The van der Waals surface area contributed by atoms with Crippen LogP contribution in [0.5, 0.6) is 5.75 Å². The van der Waals surface area contributed by atoms with Crippen LogP contribution in [0, 0.1) is 0 Å². The van der Waals surface area contributed by atoms with Crippen LogP contribution in [0.1, 0.15) is 25.5 Å². The summed E-state index contributed by atoms with van der Waals surface area (Å²) >= 11 is 0. The first-order valence-corrected chi connectivity index (χ1v) is 6.64. The summed E-state index contributed by atoms with van der Waals surface area (Å²) < 4.78 is 5.69. The molecule has 0 bridgehead atoms. The van der Waals surface area contributed by atoms with E-state index >= 15 is 0 Å². The van der Waals surface area contributed by atoms with Gasteiger partial charge in [0, 0.05) is 12.2 Å². The van der Waals surface area contributed by atoms with Crippen LogP contribution in [0.2, 0.25) is 0 Å². The summed E-state index contributed by atoms with van der Waals surface area (Å²) in [5, 5.41) is 0. The van der Waals surface area contributed by atoms with Crippen LogP contribution in [0.25, 0.3) is 0 Å². The van der Waals surface area contributed by atoms with Gasteiger partial charge in [0.05, 0.1) is 6.20 Å². The molecule has 3 heteroatoms. The lowest BCUT2D eigenvalue weighted by Crippen LogP contribution is -2.30. The lowest BCUT2D eigenvalue weighted by Gasteiger charge is -2.13. The summed E-state index contributed by atoms with van der Waals surface area (Å²) in [6, 6.07) is 12.2. The van der Waals surface area contributed by atoms with Crippen molar-refractivity contribution in [3.05, 3.63) is 59.9 Å². The van der Waals surface area contributed by atoms with E-state index in [1.54, 1.807) is 6.20 Å². The quantitative estimate of drug-likeness (QED) is 0.878. The van der Waals surface area contributed by atoms with Crippen molar-refractivity contribution in [2.45, 2.75) is 33.2 Å². The van der Waals surface area contributed by atoms with Gasteiger partial charge in [-0.15, -0.1) is 0 Å². The number of aromatic nitrogens is 1. The van der Waals surface area contributed by atoms with Gasteiger partial charge in [0.1, 0.15) is 12.4 Å². The van der Waals surface area contributed by atoms with Crippen molar-refractivity contribution in [2.75, 3.05) is 6.61 Å². The monoisotopic (exact) mass is 272 g/mol. The number of pyridine rings is 1. The molecule has 2 rings (SSSR count). The number of rotatable bonds is 6. The highest BCUT2D eigenvalue weighted by Gasteiger charge is 2.05. The summed E-state index contributed by atoms with van der Waals surface area (Å²) in [5.41, 5.74) is 8.49. The van der Waals surface area contributed by atoms with Crippen LogP contribution in [-0.4, -0.2) is 17.6 Å². The van der Waals surface area contributed by atoms with Gasteiger partial charge >= 0.3 is 0 Å². The summed E-state index contributed by atoms with van der Waals surface area (Å²) in [4.78, 5) is 4.15. The molecular weight excluding hydrogens is 248 g/mol. The number of benzene rings is 1. The Morgan fingerprint density at radius 1 is 1.15 bits per heavy atom. The van der Waals surface area contributed by atoms with Crippen LogP contribution in [0.3, 0.4) is 0 Å². The van der Waals surface area contributed by atoms with E-state index in [0.29, 0.717) is 6.61 Å². The average molecular weight is 272 g/mol. The molecule has 2 aromatic rings. The smallest absolute Gasteiger partial charge is 0.137 e. The fourth-order valence-electron chi connectivity index (χ4n) is 1.92. The van der Waals surface area contributed by atoms with Gasteiger partial charge in [-0.3, -0.25) is 4.98 Å². The van der Waals surface area contributed by atoms with Crippen molar-refractivity contribution >= 4 is 0 Å². The molecule has 1 aromatic carbocycles. The fraction of sp³-hybridized carbons (Fsp3) is 0.353. The number of aryl methyl sites for hydroxylation is 1. The first-order chi connectivity index (χ1) is 9.28. The van der Waals surface area contributed by atoms with E-state index in [2.05, 4.69) is 24.0 Å². The van der Waals surface area contributed by atoms with Gasteiger partial charge in [0.25, 0.3) is 0 Å². The van der Waals surface area contributed by atoms with Gasteiger partial charge in [0.2, 0.25) is 0 Å². The maximum Gasteiger partial charge on any atom is 0.137 e. The largest absolute Gasteiger partial charge is 0.490 e. The summed E-state index contributed by atoms with van der Waals surface area (Å²) in [7, 11) is 0. The zero-order valence-corrected chi connectivity index (χ0v) is 11.3. The molecule has 0 fully saturated rings. The molecule has 0 radical (unpaired) electrons. The van der Waals surface area contributed by atoms with E-state index in [0.717, 1.165) is 18.6 Å². The molecule has 3 nitrogen and oxygen atoms in total. The topological polar surface area (TPSA) is 48.1 Å². The third kappa shape index (κ3) is 5.02. The Labute approximate surface area is 121 Å². The minimum atomic E-state index is -0.00678. The van der Waals surface area contributed by atoms with Crippen LogP contribution in [0.15, 0.2) is 48.8 Å². The van der Waals surface area contributed by atoms with E-state index < -0.39 is 0 Å². The number of nitrogens with zero attached hydrogens (tertiary/aromatic N) is 1. The normalized spacial score (nSPS) is 11.5. The third-order valence-corrected chi connectivity index (χ3v) is 2.98. The lowest BCUT2D eigenvalue weighted by atomic mass is 10.1. The molecule has 1 atom stereocenters. The molecule has 1 heterocycles. The standard InChI is InChI=1S/C16H20N2O.CH4/c1-2-13-9-16(11-18-10-13)19-12-15(17)8-14-6-4-3-5-7-14;/h3-7,9-11,15H,2,8,12,17H2,1H3;1H4. The molecular formula is C17H24N2O. The molecule has 20 heavy (non-hydrogen) atoms. The molecule has 1 aromatic heterocycles. The minimum absolute atomic E-state index is 0. The highest BCUT2D eigenvalue weighted by molar-refractivity contribution is 5.23. The Bertz CT molecular complexity index is 499. The second kappa shape index (κ2) is 8.33. The predicted molar refractivity (Wildman–Crippen MR) is 84.0 cm³/mol. The zero-order valence-electron chi connectivity index (χ0n) is 11.3.